The van der Waals surface area contributed by atoms with Crippen molar-refractivity contribution in [3.05, 3.63) is 52.4 Å². The maximum atomic E-state index is 11.8. The van der Waals surface area contributed by atoms with Crippen LogP contribution in [0.4, 0.5) is 5.69 Å². The average molecular weight is 295 g/mol. The molecule has 3 N–H and O–H groups in total. The van der Waals surface area contributed by atoms with E-state index in [0.29, 0.717) is 17.8 Å². The summed E-state index contributed by atoms with van der Waals surface area (Å²) in [4.78, 5) is 11.8. The van der Waals surface area contributed by atoms with Crippen molar-refractivity contribution in [1.29, 1.82) is 0 Å². The first kappa shape index (κ1) is 11.7. The van der Waals surface area contributed by atoms with Crippen LogP contribution in [0.2, 0.25) is 0 Å². The zero-order chi connectivity index (χ0) is 12.3. The molecule has 1 heterocycles. The molecular weight excluding hydrogens is 284 g/mol. The first-order valence-electron chi connectivity index (χ1n) is 5.01. The largest absolute Gasteiger partial charge is 0.472 e. The lowest BCUT2D eigenvalue weighted by Crippen LogP contribution is -2.23. The maximum Gasteiger partial charge on any atom is 0.253 e. The van der Waals surface area contributed by atoms with Crippen LogP contribution in [0.5, 0.6) is 0 Å². The fourth-order valence-corrected chi connectivity index (χ4v) is 1.79. The number of nitrogens with two attached hydrogens (primary N) is 1. The Labute approximate surface area is 107 Å². The Morgan fingerprint density at radius 1 is 1.41 bits per heavy atom. The summed E-state index contributed by atoms with van der Waals surface area (Å²) in [7, 11) is 0. The number of furan rings is 1. The summed E-state index contributed by atoms with van der Waals surface area (Å²) >= 11 is 3.29. The molecule has 0 aliphatic heterocycles. The van der Waals surface area contributed by atoms with Gasteiger partial charge in [0.15, 0.2) is 0 Å². The van der Waals surface area contributed by atoms with E-state index in [9.17, 15) is 4.79 Å². The molecule has 2 rings (SSSR count). The lowest BCUT2D eigenvalue weighted by molar-refractivity contribution is 0.0952. The predicted octanol–water partition coefficient (Wildman–Crippen LogP) is 2.55. The summed E-state index contributed by atoms with van der Waals surface area (Å²) in [6.45, 7) is 0.421. The Bertz CT molecular complexity index is 523. The quantitative estimate of drug-likeness (QED) is 0.855. The Morgan fingerprint density at radius 2 is 2.24 bits per heavy atom. The molecule has 0 aliphatic carbocycles. The van der Waals surface area contributed by atoms with Gasteiger partial charge in [0.1, 0.15) is 0 Å². The predicted molar refractivity (Wildman–Crippen MR) is 68.4 cm³/mol. The van der Waals surface area contributed by atoms with Crippen molar-refractivity contribution in [2.24, 2.45) is 0 Å². The molecule has 0 spiro atoms. The third kappa shape index (κ3) is 2.88. The van der Waals surface area contributed by atoms with Crippen molar-refractivity contribution in [2.75, 3.05) is 5.73 Å². The van der Waals surface area contributed by atoms with Gasteiger partial charge >= 0.3 is 0 Å². The third-order valence-electron chi connectivity index (χ3n) is 2.29. The maximum absolute atomic E-state index is 11.8. The number of carbonyl (C=O) groups excluding carboxylic acids is 1. The molecule has 0 fully saturated rings. The molecule has 0 aliphatic rings. The van der Waals surface area contributed by atoms with Crippen LogP contribution in [-0.4, -0.2) is 5.91 Å². The smallest absolute Gasteiger partial charge is 0.253 e. The first-order valence-corrected chi connectivity index (χ1v) is 5.80. The van der Waals surface area contributed by atoms with E-state index in [4.69, 9.17) is 10.2 Å². The summed E-state index contributed by atoms with van der Waals surface area (Å²) in [6.07, 6.45) is 3.15. The van der Waals surface area contributed by atoms with Gasteiger partial charge in [0, 0.05) is 22.3 Å². The van der Waals surface area contributed by atoms with Crippen molar-refractivity contribution in [2.45, 2.75) is 6.54 Å². The zero-order valence-corrected chi connectivity index (χ0v) is 10.5. The first-order chi connectivity index (χ1) is 8.16. The number of anilines is 1. The molecular formula is C12H11BrN2O2. The van der Waals surface area contributed by atoms with Crippen LogP contribution >= 0.6 is 15.9 Å². The van der Waals surface area contributed by atoms with Crippen LogP contribution < -0.4 is 11.1 Å². The minimum absolute atomic E-state index is 0.198. The number of hydrogen-bond donors (Lipinski definition) is 2. The van der Waals surface area contributed by atoms with E-state index in [1.165, 1.54) is 0 Å². The average Bonchev–Trinajstić information content (AvgIpc) is 2.78. The molecule has 2 aromatic rings. The van der Waals surface area contributed by atoms with Gasteiger partial charge in [0.25, 0.3) is 5.91 Å². The van der Waals surface area contributed by atoms with Crippen LogP contribution in [0.15, 0.2) is 45.7 Å². The number of halogens is 1. The van der Waals surface area contributed by atoms with E-state index in [2.05, 4.69) is 21.2 Å². The highest BCUT2D eigenvalue weighted by molar-refractivity contribution is 9.10. The SMILES string of the molecule is Nc1cc(Br)ccc1C(=O)NCc1ccoc1. The molecule has 5 heteroatoms. The number of nitrogens with one attached hydrogen (secondary N) is 1. The van der Waals surface area contributed by atoms with Gasteiger partial charge in [-0.3, -0.25) is 4.79 Å². The second-order valence-electron chi connectivity index (χ2n) is 3.55. The van der Waals surface area contributed by atoms with E-state index < -0.39 is 0 Å². The van der Waals surface area contributed by atoms with Crippen molar-refractivity contribution < 1.29 is 9.21 Å². The molecule has 0 saturated heterocycles. The second kappa shape index (κ2) is 5.05. The minimum atomic E-state index is -0.198. The van der Waals surface area contributed by atoms with Gasteiger partial charge in [-0.25, -0.2) is 0 Å². The summed E-state index contributed by atoms with van der Waals surface area (Å²) in [6, 6.07) is 6.96. The Kier molecular flexibility index (Phi) is 3.49. The van der Waals surface area contributed by atoms with Gasteiger partial charge in [-0.2, -0.15) is 0 Å². The van der Waals surface area contributed by atoms with E-state index in [1.54, 1.807) is 36.8 Å². The monoisotopic (exact) mass is 294 g/mol. The lowest BCUT2D eigenvalue weighted by atomic mass is 10.1. The third-order valence-corrected chi connectivity index (χ3v) is 2.78. The molecule has 17 heavy (non-hydrogen) atoms. The summed E-state index contributed by atoms with van der Waals surface area (Å²) in [5, 5.41) is 2.77. The van der Waals surface area contributed by atoms with Gasteiger partial charge in [-0.15, -0.1) is 0 Å². The Morgan fingerprint density at radius 3 is 2.88 bits per heavy atom. The molecule has 0 unspecified atom stereocenters. The normalized spacial score (nSPS) is 10.2. The van der Waals surface area contributed by atoms with Crippen molar-refractivity contribution in [1.82, 2.24) is 5.32 Å². The highest BCUT2D eigenvalue weighted by atomic mass is 79.9. The van der Waals surface area contributed by atoms with Crippen LogP contribution in [0, 0.1) is 0 Å². The van der Waals surface area contributed by atoms with Gasteiger partial charge in [0.2, 0.25) is 0 Å². The number of nitrogen functional groups attached to an aromatic ring is 1. The molecule has 1 amide bonds. The van der Waals surface area contributed by atoms with Gasteiger partial charge < -0.3 is 15.5 Å². The molecule has 0 saturated carbocycles. The van der Waals surface area contributed by atoms with Gasteiger partial charge in [-0.05, 0) is 24.3 Å². The Balaban J connectivity index is 2.04. The number of carbonyl (C=O) groups is 1. The topological polar surface area (TPSA) is 68.3 Å². The van der Waals surface area contributed by atoms with Crippen LogP contribution in [0.1, 0.15) is 15.9 Å². The standard InChI is InChI=1S/C12H11BrN2O2/c13-9-1-2-10(11(14)5-9)12(16)15-6-8-3-4-17-7-8/h1-5,7H,6,14H2,(H,15,16). The molecule has 0 bridgehead atoms. The van der Waals surface area contributed by atoms with Crippen molar-refractivity contribution in [3.63, 3.8) is 0 Å². The van der Waals surface area contributed by atoms with Gasteiger partial charge in [-0.1, -0.05) is 15.9 Å². The lowest BCUT2D eigenvalue weighted by Gasteiger charge is -2.06. The molecule has 4 nitrogen and oxygen atoms in total. The number of hydrogen-bond acceptors (Lipinski definition) is 3. The van der Waals surface area contributed by atoms with Crippen LogP contribution in [0.25, 0.3) is 0 Å². The van der Waals surface area contributed by atoms with Crippen molar-refractivity contribution in [3.8, 4) is 0 Å². The van der Waals surface area contributed by atoms with Crippen molar-refractivity contribution >= 4 is 27.5 Å². The number of amides is 1. The minimum Gasteiger partial charge on any atom is -0.472 e. The fraction of sp³-hybridized carbons (Fsp3) is 0.0833. The van der Waals surface area contributed by atoms with Gasteiger partial charge in [0.05, 0.1) is 18.1 Å². The molecule has 1 aromatic heterocycles. The molecule has 0 atom stereocenters. The van der Waals surface area contributed by atoms with Crippen LogP contribution in [0.3, 0.4) is 0 Å². The molecule has 88 valence electrons. The summed E-state index contributed by atoms with van der Waals surface area (Å²) < 4.78 is 5.76. The van der Waals surface area contributed by atoms with E-state index in [1.807, 2.05) is 0 Å². The highest BCUT2D eigenvalue weighted by Crippen LogP contribution is 2.18. The Hall–Kier alpha value is -1.75. The number of rotatable bonds is 3. The number of benzene rings is 1. The zero-order valence-electron chi connectivity index (χ0n) is 8.94. The summed E-state index contributed by atoms with van der Waals surface area (Å²) in [5.41, 5.74) is 7.59. The fourth-order valence-electron chi connectivity index (χ4n) is 1.41. The highest BCUT2D eigenvalue weighted by Gasteiger charge is 2.09. The van der Waals surface area contributed by atoms with E-state index in [-0.39, 0.29) is 5.91 Å². The summed E-state index contributed by atoms with van der Waals surface area (Å²) in [5.74, 6) is -0.198. The molecule has 1 aromatic carbocycles. The second-order valence-corrected chi connectivity index (χ2v) is 4.46. The molecule has 0 radical (unpaired) electrons. The van der Waals surface area contributed by atoms with Crippen LogP contribution in [-0.2, 0) is 6.54 Å². The van der Waals surface area contributed by atoms with E-state index in [0.717, 1.165) is 10.0 Å². The van der Waals surface area contributed by atoms with E-state index >= 15 is 0 Å².